The number of amides is 1. The molecule has 158 valence electrons. The van der Waals surface area contributed by atoms with Crippen molar-refractivity contribution in [2.75, 3.05) is 26.6 Å². The number of nitrogens with zero attached hydrogens (tertiary/aromatic N) is 1. The maximum atomic E-state index is 12.6. The number of aromatic nitrogens is 1. The van der Waals surface area contributed by atoms with Crippen LogP contribution in [0.5, 0.6) is 17.2 Å². The molecule has 31 heavy (non-hydrogen) atoms. The number of ether oxygens (including phenoxy) is 3. The number of carbonyl (C=O) groups is 1. The van der Waals surface area contributed by atoms with E-state index in [1.807, 2.05) is 29.6 Å². The van der Waals surface area contributed by atoms with Gasteiger partial charge in [0, 0.05) is 10.9 Å². The minimum atomic E-state index is -0.173. The van der Waals surface area contributed by atoms with E-state index in [0.717, 1.165) is 27.6 Å². The lowest BCUT2D eigenvalue weighted by Gasteiger charge is -2.13. The second-order valence-electron chi connectivity index (χ2n) is 6.82. The minimum Gasteiger partial charge on any atom is -0.493 e. The van der Waals surface area contributed by atoms with Crippen molar-refractivity contribution in [3.63, 3.8) is 0 Å². The van der Waals surface area contributed by atoms with Gasteiger partial charge in [-0.25, -0.2) is 4.98 Å². The fraction of sp³-hybridized carbons (Fsp3) is 0.167. The smallest absolute Gasteiger partial charge is 0.230 e. The minimum absolute atomic E-state index is 0.153. The van der Waals surface area contributed by atoms with Gasteiger partial charge in [0.2, 0.25) is 11.7 Å². The molecule has 0 aliphatic rings. The molecule has 0 saturated heterocycles. The first kappa shape index (κ1) is 20.7. The number of thiazole rings is 1. The average molecular weight is 435 g/mol. The van der Waals surface area contributed by atoms with Gasteiger partial charge in [-0.2, -0.15) is 0 Å². The number of benzene rings is 3. The second-order valence-corrected chi connectivity index (χ2v) is 7.68. The monoisotopic (exact) mass is 434 g/mol. The maximum Gasteiger partial charge on any atom is 0.230 e. The quantitative estimate of drug-likeness (QED) is 0.435. The van der Waals surface area contributed by atoms with Gasteiger partial charge in [-0.05, 0) is 28.5 Å². The molecule has 0 aliphatic heterocycles. The molecule has 0 unspecified atom stereocenters. The van der Waals surface area contributed by atoms with Gasteiger partial charge >= 0.3 is 0 Å². The van der Waals surface area contributed by atoms with E-state index in [1.54, 1.807) is 33.5 Å². The van der Waals surface area contributed by atoms with Crippen LogP contribution in [0.2, 0.25) is 0 Å². The zero-order valence-corrected chi connectivity index (χ0v) is 18.3. The zero-order valence-electron chi connectivity index (χ0n) is 17.5. The van der Waals surface area contributed by atoms with Gasteiger partial charge in [-0.1, -0.05) is 42.5 Å². The lowest BCUT2D eigenvalue weighted by atomic mass is 10.0. The van der Waals surface area contributed by atoms with Gasteiger partial charge in [0.1, 0.15) is 0 Å². The first-order valence-corrected chi connectivity index (χ1v) is 10.5. The van der Waals surface area contributed by atoms with Gasteiger partial charge in [0.05, 0.1) is 33.4 Å². The number of rotatable bonds is 7. The first-order chi connectivity index (χ1) is 15.1. The number of anilines is 1. The molecule has 7 heteroatoms. The van der Waals surface area contributed by atoms with Crippen LogP contribution in [0, 0.1) is 0 Å². The Morgan fingerprint density at radius 2 is 1.68 bits per heavy atom. The topological polar surface area (TPSA) is 69.7 Å². The Bertz CT molecular complexity index is 1200. The molecular formula is C24H22N2O4S. The highest BCUT2D eigenvalue weighted by Gasteiger charge is 2.16. The normalized spacial score (nSPS) is 10.7. The Hall–Kier alpha value is -3.58. The van der Waals surface area contributed by atoms with Crippen molar-refractivity contribution >= 4 is 33.1 Å². The van der Waals surface area contributed by atoms with E-state index in [-0.39, 0.29) is 12.3 Å². The van der Waals surface area contributed by atoms with E-state index in [2.05, 4.69) is 28.5 Å². The third kappa shape index (κ3) is 4.32. The summed E-state index contributed by atoms with van der Waals surface area (Å²) in [5.74, 6) is 1.34. The average Bonchev–Trinajstić information content (AvgIpc) is 3.25. The SMILES string of the molecule is COc1cc(CC(=O)Nc2nc(-c3cccc4ccccc34)cs2)cc(OC)c1OC. The number of methoxy groups -OCH3 is 3. The van der Waals surface area contributed by atoms with E-state index in [9.17, 15) is 4.79 Å². The van der Waals surface area contributed by atoms with Crippen LogP contribution in [0.3, 0.4) is 0 Å². The number of carbonyl (C=O) groups excluding carboxylic acids is 1. The molecule has 0 saturated carbocycles. The van der Waals surface area contributed by atoms with Crippen LogP contribution in [0.25, 0.3) is 22.0 Å². The van der Waals surface area contributed by atoms with Crippen molar-refractivity contribution in [3.8, 4) is 28.5 Å². The van der Waals surface area contributed by atoms with E-state index >= 15 is 0 Å². The second kappa shape index (κ2) is 9.06. The summed E-state index contributed by atoms with van der Waals surface area (Å²) in [6, 6.07) is 17.8. The Kier molecular flexibility index (Phi) is 6.04. The summed E-state index contributed by atoms with van der Waals surface area (Å²) < 4.78 is 16.0. The number of fused-ring (bicyclic) bond motifs is 1. The molecule has 4 aromatic rings. The molecular weight excluding hydrogens is 412 g/mol. The summed E-state index contributed by atoms with van der Waals surface area (Å²) in [6.07, 6.45) is 0.153. The molecule has 4 rings (SSSR count). The first-order valence-electron chi connectivity index (χ1n) is 9.65. The predicted molar refractivity (Wildman–Crippen MR) is 123 cm³/mol. The molecule has 0 atom stereocenters. The summed E-state index contributed by atoms with van der Waals surface area (Å²) in [4.78, 5) is 17.3. The van der Waals surface area contributed by atoms with E-state index in [1.165, 1.54) is 11.3 Å². The zero-order chi connectivity index (χ0) is 21.8. The Labute approximate surface area is 184 Å². The molecule has 3 aromatic carbocycles. The molecule has 0 spiro atoms. The van der Waals surface area contributed by atoms with Crippen molar-refractivity contribution in [3.05, 3.63) is 65.5 Å². The molecule has 0 fully saturated rings. The third-order valence-corrected chi connectivity index (χ3v) is 5.66. The van der Waals surface area contributed by atoms with Gasteiger partial charge in [0.15, 0.2) is 16.6 Å². The molecule has 1 aromatic heterocycles. The Morgan fingerprint density at radius 1 is 0.968 bits per heavy atom. The van der Waals surface area contributed by atoms with Crippen molar-refractivity contribution in [2.45, 2.75) is 6.42 Å². The van der Waals surface area contributed by atoms with Crippen molar-refractivity contribution in [1.29, 1.82) is 0 Å². The molecule has 0 aliphatic carbocycles. The highest BCUT2D eigenvalue weighted by molar-refractivity contribution is 7.14. The van der Waals surface area contributed by atoms with Crippen LogP contribution < -0.4 is 19.5 Å². The summed E-state index contributed by atoms with van der Waals surface area (Å²) in [5.41, 5.74) is 2.63. The summed E-state index contributed by atoms with van der Waals surface area (Å²) >= 11 is 1.40. The highest BCUT2D eigenvalue weighted by atomic mass is 32.1. The van der Waals surface area contributed by atoms with Crippen LogP contribution in [-0.4, -0.2) is 32.2 Å². The van der Waals surface area contributed by atoms with Crippen molar-refractivity contribution < 1.29 is 19.0 Å². The number of nitrogens with one attached hydrogen (secondary N) is 1. The lowest BCUT2D eigenvalue weighted by molar-refractivity contribution is -0.115. The standard InChI is InChI=1S/C24H22N2O4S/c1-28-20-11-15(12-21(29-2)23(20)30-3)13-22(27)26-24-25-19(14-31-24)18-10-6-8-16-7-4-5-9-17(16)18/h4-12,14H,13H2,1-3H3,(H,25,26,27). The molecule has 0 radical (unpaired) electrons. The van der Waals surface area contributed by atoms with Crippen LogP contribution in [0.4, 0.5) is 5.13 Å². The van der Waals surface area contributed by atoms with Gasteiger partial charge in [0.25, 0.3) is 0 Å². The van der Waals surface area contributed by atoms with Crippen molar-refractivity contribution in [2.24, 2.45) is 0 Å². The molecule has 6 nitrogen and oxygen atoms in total. The largest absolute Gasteiger partial charge is 0.493 e. The summed E-state index contributed by atoms with van der Waals surface area (Å²) in [5, 5.41) is 7.68. The fourth-order valence-electron chi connectivity index (χ4n) is 3.49. The fourth-order valence-corrected chi connectivity index (χ4v) is 4.22. The van der Waals surface area contributed by atoms with Gasteiger partial charge in [-0.3, -0.25) is 4.79 Å². The van der Waals surface area contributed by atoms with Crippen LogP contribution >= 0.6 is 11.3 Å². The lowest BCUT2D eigenvalue weighted by Crippen LogP contribution is -2.14. The van der Waals surface area contributed by atoms with E-state index in [0.29, 0.717) is 22.4 Å². The Morgan fingerprint density at radius 3 is 2.39 bits per heavy atom. The molecule has 1 N–H and O–H groups in total. The van der Waals surface area contributed by atoms with E-state index < -0.39 is 0 Å². The summed E-state index contributed by atoms with van der Waals surface area (Å²) in [7, 11) is 4.64. The number of hydrogen-bond donors (Lipinski definition) is 1. The number of hydrogen-bond acceptors (Lipinski definition) is 6. The van der Waals surface area contributed by atoms with Gasteiger partial charge in [-0.15, -0.1) is 11.3 Å². The van der Waals surface area contributed by atoms with Crippen LogP contribution in [0.1, 0.15) is 5.56 Å². The Balaban J connectivity index is 1.52. The molecule has 0 bridgehead atoms. The van der Waals surface area contributed by atoms with E-state index in [4.69, 9.17) is 14.2 Å². The van der Waals surface area contributed by atoms with Crippen molar-refractivity contribution in [1.82, 2.24) is 4.98 Å². The highest BCUT2D eigenvalue weighted by Crippen LogP contribution is 2.38. The predicted octanol–water partition coefficient (Wildman–Crippen LogP) is 5.17. The van der Waals surface area contributed by atoms with Crippen LogP contribution in [0.15, 0.2) is 60.0 Å². The molecule has 1 amide bonds. The van der Waals surface area contributed by atoms with Gasteiger partial charge < -0.3 is 19.5 Å². The maximum absolute atomic E-state index is 12.6. The third-order valence-electron chi connectivity index (χ3n) is 4.91. The molecule has 1 heterocycles. The summed E-state index contributed by atoms with van der Waals surface area (Å²) in [6.45, 7) is 0. The van der Waals surface area contributed by atoms with Crippen LogP contribution in [-0.2, 0) is 11.2 Å².